The molecule has 1 heterocycles. The quantitative estimate of drug-likeness (QED) is 0.580. The van der Waals surface area contributed by atoms with Crippen LogP contribution in [-0.4, -0.2) is 38.8 Å². The molecule has 15 heavy (non-hydrogen) atoms. The van der Waals surface area contributed by atoms with Gasteiger partial charge in [0.2, 0.25) is 0 Å². The lowest BCUT2D eigenvalue weighted by atomic mass is 10.2. The SMILES string of the molecule is C#CC(CO)Nc1ncncc1C(=O)O. The van der Waals surface area contributed by atoms with E-state index in [0.717, 1.165) is 6.20 Å². The molecule has 1 atom stereocenters. The normalized spacial score (nSPS) is 11.5. The summed E-state index contributed by atoms with van der Waals surface area (Å²) in [5, 5.41) is 20.2. The van der Waals surface area contributed by atoms with Gasteiger partial charge in [-0.05, 0) is 0 Å². The average Bonchev–Trinajstić information content (AvgIpc) is 2.26. The van der Waals surface area contributed by atoms with Crippen molar-refractivity contribution in [1.82, 2.24) is 9.97 Å². The first kappa shape index (κ1) is 10.9. The molecule has 1 rings (SSSR count). The zero-order valence-electron chi connectivity index (χ0n) is 7.71. The fourth-order valence-corrected chi connectivity index (χ4v) is 0.906. The third kappa shape index (κ3) is 2.65. The van der Waals surface area contributed by atoms with Crippen LogP contribution in [0.5, 0.6) is 0 Å². The molecular weight excluding hydrogens is 198 g/mol. The van der Waals surface area contributed by atoms with Gasteiger partial charge in [0.15, 0.2) is 0 Å². The molecule has 1 unspecified atom stereocenters. The Bertz CT molecular complexity index is 400. The molecule has 0 fully saturated rings. The van der Waals surface area contributed by atoms with E-state index in [4.69, 9.17) is 16.6 Å². The van der Waals surface area contributed by atoms with Crippen LogP contribution in [0.2, 0.25) is 0 Å². The molecule has 1 aromatic rings. The third-order valence-electron chi connectivity index (χ3n) is 1.64. The average molecular weight is 207 g/mol. The van der Waals surface area contributed by atoms with Crippen molar-refractivity contribution in [1.29, 1.82) is 0 Å². The zero-order chi connectivity index (χ0) is 11.3. The number of hydrogen-bond acceptors (Lipinski definition) is 5. The maximum Gasteiger partial charge on any atom is 0.341 e. The molecule has 0 amide bonds. The highest BCUT2D eigenvalue weighted by Gasteiger charge is 2.13. The van der Waals surface area contributed by atoms with Crippen LogP contribution in [-0.2, 0) is 0 Å². The van der Waals surface area contributed by atoms with Crippen molar-refractivity contribution < 1.29 is 15.0 Å². The van der Waals surface area contributed by atoms with E-state index in [-0.39, 0.29) is 18.0 Å². The van der Waals surface area contributed by atoms with Gasteiger partial charge in [0.05, 0.1) is 6.61 Å². The number of anilines is 1. The van der Waals surface area contributed by atoms with Crippen LogP contribution in [0, 0.1) is 12.3 Å². The Kier molecular flexibility index (Phi) is 3.60. The molecule has 1 aromatic heterocycles. The van der Waals surface area contributed by atoms with Crippen LogP contribution >= 0.6 is 0 Å². The monoisotopic (exact) mass is 207 g/mol. The summed E-state index contributed by atoms with van der Waals surface area (Å²) < 4.78 is 0. The summed E-state index contributed by atoms with van der Waals surface area (Å²) in [6.45, 7) is -0.306. The number of terminal acetylenes is 1. The van der Waals surface area contributed by atoms with Crippen molar-refractivity contribution in [3.8, 4) is 12.3 Å². The van der Waals surface area contributed by atoms with Gasteiger partial charge in [-0.2, -0.15) is 0 Å². The fraction of sp³-hybridized carbons (Fsp3) is 0.222. The van der Waals surface area contributed by atoms with Gasteiger partial charge in [-0.3, -0.25) is 0 Å². The van der Waals surface area contributed by atoms with Crippen LogP contribution in [0.3, 0.4) is 0 Å². The van der Waals surface area contributed by atoms with E-state index in [2.05, 4.69) is 21.2 Å². The summed E-state index contributed by atoms with van der Waals surface area (Å²) in [6.07, 6.45) is 7.44. The molecule has 0 aliphatic carbocycles. The van der Waals surface area contributed by atoms with Crippen molar-refractivity contribution >= 4 is 11.8 Å². The van der Waals surface area contributed by atoms with Gasteiger partial charge in [0.25, 0.3) is 0 Å². The van der Waals surface area contributed by atoms with Crippen molar-refractivity contribution in [2.75, 3.05) is 11.9 Å². The molecule has 0 saturated heterocycles. The molecule has 0 aliphatic heterocycles. The van der Waals surface area contributed by atoms with E-state index in [9.17, 15) is 4.79 Å². The number of hydrogen-bond donors (Lipinski definition) is 3. The van der Waals surface area contributed by atoms with E-state index in [1.54, 1.807) is 0 Å². The van der Waals surface area contributed by atoms with Gasteiger partial charge in [-0.1, -0.05) is 5.92 Å². The van der Waals surface area contributed by atoms with E-state index in [0.29, 0.717) is 0 Å². The Morgan fingerprint density at radius 1 is 1.73 bits per heavy atom. The Balaban J connectivity index is 2.94. The number of aromatic carboxylic acids is 1. The van der Waals surface area contributed by atoms with E-state index >= 15 is 0 Å². The van der Waals surface area contributed by atoms with Crippen LogP contribution in [0.1, 0.15) is 10.4 Å². The summed E-state index contributed by atoms with van der Waals surface area (Å²) >= 11 is 0. The summed E-state index contributed by atoms with van der Waals surface area (Å²) in [6, 6.07) is -0.669. The second kappa shape index (κ2) is 4.93. The Morgan fingerprint density at radius 3 is 3.00 bits per heavy atom. The molecule has 0 aromatic carbocycles. The van der Waals surface area contributed by atoms with Crippen LogP contribution in [0.25, 0.3) is 0 Å². The number of aromatic nitrogens is 2. The van der Waals surface area contributed by atoms with Gasteiger partial charge in [0, 0.05) is 6.20 Å². The number of carboxylic acid groups (broad SMARTS) is 1. The number of aliphatic hydroxyl groups excluding tert-OH is 1. The molecule has 0 spiro atoms. The molecule has 3 N–H and O–H groups in total. The Labute approximate surface area is 86.0 Å². The number of aliphatic hydroxyl groups is 1. The van der Waals surface area contributed by atoms with Crippen molar-refractivity contribution in [3.05, 3.63) is 18.1 Å². The van der Waals surface area contributed by atoms with E-state index < -0.39 is 12.0 Å². The van der Waals surface area contributed by atoms with E-state index in [1.165, 1.54) is 6.33 Å². The minimum absolute atomic E-state index is 0.0915. The molecule has 6 nitrogen and oxygen atoms in total. The number of rotatable bonds is 4. The van der Waals surface area contributed by atoms with Crippen LogP contribution in [0.15, 0.2) is 12.5 Å². The largest absolute Gasteiger partial charge is 0.477 e. The molecule has 0 saturated carbocycles. The lowest BCUT2D eigenvalue weighted by molar-refractivity contribution is 0.0697. The van der Waals surface area contributed by atoms with Gasteiger partial charge in [0.1, 0.15) is 23.8 Å². The molecular formula is C9H9N3O3. The summed E-state index contributed by atoms with van der Waals surface area (Å²) in [5.41, 5.74) is -0.0915. The minimum Gasteiger partial charge on any atom is -0.477 e. The fourth-order valence-electron chi connectivity index (χ4n) is 0.906. The maximum absolute atomic E-state index is 10.7. The lowest BCUT2D eigenvalue weighted by Crippen LogP contribution is -2.23. The standard InChI is InChI=1S/C9H9N3O3/c1-2-6(4-13)12-8-7(9(14)15)3-10-5-11-8/h1,3,5-6,13H,4H2,(H,14,15)(H,10,11,12). The lowest BCUT2D eigenvalue weighted by Gasteiger charge is -2.11. The highest BCUT2D eigenvalue weighted by molar-refractivity contribution is 5.92. The molecule has 0 aliphatic rings. The third-order valence-corrected chi connectivity index (χ3v) is 1.64. The van der Waals surface area contributed by atoms with E-state index in [1.807, 2.05) is 0 Å². The second-order valence-electron chi connectivity index (χ2n) is 2.64. The van der Waals surface area contributed by atoms with Gasteiger partial charge < -0.3 is 15.5 Å². The smallest absolute Gasteiger partial charge is 0.341 e. The van der Waals surface area contributed by atoms with Crippen molar-refractivity contribution in [3.63, 3.8) is 0 Å². The Hall–Kier alpha value is -2.13. The topological polar surface area (TPSA) is 95.3 Å². The van der Waals surface area contributed by atoms with Gasteiger partial charge in [-0.25, -0.2) is 14.8 Å². The summed E-state index contributed by atoms with van der Waals surface area (Å²) in [4.78, 5) is 18.1. The number of carbonyl (C=O) groups is 1. The summed E-state index contributed by atoms with van der Waals surface area (Å²) in [5.74, 6) is 1.18. The predicted octanol–water partition coefficient (Wildman–Crippen LogP) is -0.419. The number of carboxylic acids is 1. The zero-order valence-corrected chi connectivity index (χ0v) is 7.71. The van der Waals surface area contributed by atoms with Gasteiger partial charge >= 0.3 is 5.97 Å². The van der Waals surface area contributed by atoms with Gasteiger partial charge in [-0.15, -0.1) is 6.42 Å². The molecule has 6 heteroatoms. The first-order valence-corrected chi connectivity index (χ1v) is 4.06. The summed E-state index contributed by atoms with van der Waals surface area (Å²) in [7, 11) is 0. The first-order chi connectivity index (χ1) is 7.19. The van der Waals surface area contributed by atoms with Crippen LogP contribution in [0.4, 0.5) is 5.82 Å². The maximum atomic E-state index is 10.7. The Morgan fingerprint density at radius 2 is 2.47 bits per heavy atom. The van der Waals surface area contributed by atoms with Crippen molar-refractivity contribution in [2.24, 2.45) is 0 Å². The molecule has 0 bridgehead atoms. The minimum atomic E-state index is -1.16. The first-order valence-electron chi connectivity index (χ1n) is 4.06. The molecule has 78 valence electrons. The second-order valence-corrected chi connectivity index (χ2v) is 2.64. The van der Waals surface area contributed by atoms with Crippen LogP contribution < -0.4 is 5.32 Å². The highest BCUT2D eigenvalue weighted by Crippen LogP contribution is 2.10. The van der Waals surface area contributed by atoms with Crippen molar-refractivity contribution in [2.45, 2.75) is 6.04 Å². The predicted molar refractivity (Wildman–Crippen MR) is 52.3 cm³/mol. The number of nitrogens with zero attached hydrogens (tertiary/aromatic N) is 2. The molecule has 0 radical (unpaired) electrons. The highest BCUT2D eigenvalue weighted by atomic mass is 16.4. The number of nitrogens with one attached hydrogen (secondary N) is 1.